The molecule has 7 nitrogen and oxygen atoms in total. The predicted octanol–water partition coefficient (Wildman–Crippen LogP) is 7.86. The van der Waals surface area contributed by atoms with E-state index in [-0.39, 0.29) is 18.8 Å². The predicted molar refractivity (Wildman–Crippen MR) is 151 cm³/mol. The van der Waals surface area contributed by atoms with Gasteiger partial charge in [-0.3, -0.25) is 4.55 Å². The van der Waals surface area contributed by atoms with Crippen molar-refractivity contribution in [2.75, 3.05) is 13.2 Å². The zero-order chi connectivity index (χ0) is 28.1. The van der Waals surface area contributed by atoms with Gasteiger partial charge in [0.15, 0.2) is 0 Å². The number of carbonyl (C=O) groups excluding carboxylic acids is 2. The lowest BCUT2D eigenvalue weighted by Gasteiger charge is -2.12. The number of hydrogen-bond acceptors (Lipinski definition) is 6. The van der Waals surface area contributed by atoms with Gasteiger partial charge in [0.1, 0.15) is 4.90 Å². The van der Waals surface area contributed by atoms with Crippen LogP contribution in [0.15, 0.2) is 47.4 Å². The van der Waals surface area contributed by atoms with Gasteiger partial charge < -0.3 is 9.47 Å². The first kappa shape index (κ1) is 33.6. The summed E-state index contributed by atoms with van der Waals surface area (Å²) in [6.07, 6.45) is 22.5. The lowest BCUT2D eigenvalue weighted by molar-refractivity contribution is 0.0447. The highest BCUT2D eigenvalue weighted by molar-refractivity contribution is 7.86. The summed E-state index contributed by atoms with van der Waals surface area (Å²) in [5.41, 5.74) is -0.734. The molecule has 0 atom stereocenters. The van der Waals surface area contributed by atoms with Gasteiger partial charge in [-0.15, -0.1) is 0 Å². The van der Waals surface area contributed by atoms with Crippen molar-refractivity contribution >= 4 is 22.1 Å². The number of rotatable bonds is 21. The van der Waals surface area contributed by atoms with Crippen molar-refractivity contribution in [3.8, 4) is 0 Å². The van der Waals surface area contributed by atoms with Crippen LogP contribution in [0.25, 0.3) is 0 Å². The zero-order valence-electron chi connectivity index (χ0n) is 23.2. The molecule has 1 rings (SSSR count). The molecule has 0 aliphatic rings. The first-order valence-electron chi connectivity index (χ1n) is 14.1. The standard InChI is InChI=1S/C30H46O7S/c1-3-5-7-9-11-13-15-17-19-24-36-29(31)26-22-21-23-27(38(33,34)35)28(26)30(32)37-25-20-18-16-14-12-10-8-6-4-2/h11-14,21-23H,3-10,15-20,24-25H2,1-2H3,(H,33,34,35)/b13-11+,14-12+. The van der Waals surface area contributed by atoms with Crippen LogP contribution in [0.2, 0.25) is 0 Å². The van der Waals surface area contributed by atoms with E-state index >= 15 is 0 Å². The number of ether oxygens (including phenoxy) is 2. The third kappa shape index (κ3) is 14.5. The van der Waals surface area contributed by atoms with Crippen LogP contribution in [-0.4, -0.2) is 38.1 Å². The summed E-state index contributed by atoms with van der Waals surface area (Å²) in [6.45, 7) is 4.55. The van der Waals surface area contributed by atoms with Crippen LogP contribution in [0.3, 0.4) is 0 Å². The Morgan fingerprint density at radius 3 is 1.61 bits per heavy atom. The van der Waals surface area contributed by atoms with Crippen LogP contribution in [0.5, 0.6) is 0 Å². The summed E-state index contributed by atoms with van der Waals surface area (Å²) in [7, 11) is -4.76. The number of allylic oxidation sites excluding steroid dienone is 4. The van der Waals surface area contributed by atoms with E-state index in [9.17, 15) is 22.6 Å². The Morgan fingerprint density at radius 2 is 1.16 bits per heavy atom. The highest BCUT2D eigenvalue weighted by Crippen LogP contribution is 2.22. The number of unbranched alkanes of at least 4 members (excludes halogenated alkanes) is 10. The molecule has 214 valence electrons. The average Bonchev–Trinajstić information content (AvgIpc) is 2.89. The molecule has 0 aromatic heterocycles. The minimum absolute atomic E-state index is 0.0722. The third-order valence-electron chi connectivity index (χ3n) is 6.01. The van der Waals surface area contributed by atoms with E-state index in [1.807, 2.05) is 0 Å². The molecule has 0 saturated heterocycles. The Morgan fingerprint density at radius 1 is 0.711 bits per heavy atom. The number of hydrogen-bond donors (Lipinski definition) is 1. The second-order valence-corrected chi connectivity index (χ2v) is 10.7. The molecule has 38 heavy (non-hydrogen) atoms. The van der Waals surface area contributed by atoms with Gasteiger partial charge in [-0.05, 0) is 76.3 Å². The van der Waals surface area contributed by atoms with Crippen molar-refractivity contribution in [1.82, 2.24) is 0 Å². The molecule has 0 unspecified atom stereocenters. The molecule has 0 fully saturated rings. The number of benzene rings is 1. The fourth-order valence-electron chi connectivity index (χ4n) is 3.83. The fourth-order valence-corrected chi connectivity index (χ4v) is 4.53. The molecular weight excluding hydrogens is 504 g/mol. The molecule has 1 aromatic rings. The van der Waals surface area contributed by atoms with Crippen molar-refractivity contribution in [3.05, 3.63) is 53.6 Å². The zero-order valence-corrected chi connectivity index (χ0v) is 24.0. The van der Waals surface area contributed by atoms with Gasteiger partial charge in [0.25, 0.3) is 10.1 Å². The highest BCUT2D eigenvalue weighted by atomic mass is 32.2. The van der Waals surface area contributed by atoms with Crippen LogP contribution in [0, 0.1) is 0 Å². The van der Waals surface area contributed by atoms with E-state index in [2.05, 4.69) is 38.2 Å². The maximum absolute atomic E-state index is 12.8. The minimum atomic E-state index is -4.76. The minimum Gasteiger partial charge on any atom is -0.462 e. The van der Waals surface area contributed by atoms with Crippen LogP contribution in [0.1, 0.15) is 124 Å². The van der Waals surface area contributed by atoms with Crippen LogP contribution in [0.4, 0.5) is 0 Å². The van der Waals surface area contributed by atoms with Crippen molar-refractivity contribution in [3.63, 3.8) is 0 Å². The summed E-state index contributed by atoms with van der Waals surface area (Å²) in [4.78, 5) is 24.8. The Balaban J connectivity index is 2.61. The Kier molecular flexibility index (Phi) is 18.1. The van der Waals surface area contributed by atoms with E-state index in [1.165, 1.54) is 50.7 Å². The van der Waals surface area contributed by atoms with Crippen LogP contribution in [-0.2, 0) is 19.6 Å². The Bertz CT molecular complexity index is 980. The van der Waals surface area contributed by atoms with Gasteiger partial charge >= 0.3 is 11.9 Å². The Labute approximate surface area is 229 Å². The maximum Gasteiger partial charge on any atom is 0.340 e. The topological polar surface area (TPSA) is 107 Å². The third-order valence-corrected chi connectivity index (χ3v) is 6.90. The average molecular weight is 551 g/mol. The molecule has 0 saturated carbocycles. The smallest absolute Gasteiger partial charge is 0.340 e. The van der Waals surface area contributed by atoms with E-state index in [4.69, 9.17) is 9.47 Å². The molecule has 0 radical (unpaired) electrons. The van der Waals surface area contributed by atoms with E-state index in [0.717, 1.165) is 44.6 Å². The summed E-state index contributed by atoms with van der Waals surface area (Å²) in [5.74, 6) is -1.81. The summed E-state index contributed by atoms with van der Waals surface area (Å²) >= 11 is 0. The van der Waals surface area contributed by atoms with Gasteiger partial charge in [-0.1, -0.05) is 69.9 Å². The van der Waals surface area contributed by atoms with Gasteiger partial charge in [0.2, 0.25) is 0 Å². The lowest BCUT2D eigenvalue weighted by atomic mass is 10.1. The maximum atomic E-state index is 12.8. The fraction of sp³-hybridized carbons (Fsp3) is 0.600. The molecule has 0 amide bonds. The number of carbonyl (C=O) groups is 2. The molecule has 0 heterocycles. The molecule has 1 aromatic carbocycles. The first-order valence-corrected chi connectivity index (χ1v) is 15.5. The van der Waals surface area contributed by atoms with Gasteiger partial charge in [0, 0.05) is 0 Å². The van der Waals surface area contributed by atoms with E-state index in [1.54, 1.807) is 0 Å². The second-order valence-electron chi connectivity index (χ2n) is 9.35. The van der Waals surface area contributed by atoms with Crippen LogP contribution >= 0.6 is 0 Å². The summed E-state index contributed by atoms with van der Waals surface area (Å²) < 4.78 is 44.0. The molecule has 0 spiro atoms. The normalized spacial score (nSPS) is 11.9. The summed E-state index contributed by atoms with van der Waals surface area (Å²) in [6, 6.07) is 3.65. The van der Waals surface area contributed by atoms with Gasteiger partial charge in [-0.2, -0.15) is 8.42 Å². The molecule has 8 heteroatoms. The SMILES string of the molecule is CCCCC/C=C/CCCCOC(=O)c1cccc(S(=O)(=O)O)c1C(=O)OCCCC/C=C/CCCCC. The quantitative estimate of drug-likeness (QED) is 0.0718. The van der Waals surface area contributed by atoms with Gasteiger partial charge in [-0.25, -0.2) is 9.59 Å². The largest absolute Gasteiger partial charge is 0.462 e. The number of esters is 2. The molecule has 0 aliphatic heterocycles. The highest BCUT2D eigenvalue weighted by Gasteiger charge is 2.28. The monoisotopic (exact) mass is 550 g/mol. The molecular formula is C30H46O7S. The van der Waals surface area contributed by atoms with E-state index in [0.29, 0.717) is 12.8 Å². The van der Waals surface area contributed by atoms with Crippen molar-refractivity contribution in [1.29, 1.82) is 0 Å². The first-order chi connectivity index (χ1) is 18.3. The molecule has 0 bridgehead atoms. The Hall–Kier alpha value is -2.45. The van der Waals surface area contributed by atoms with E-state index < -0.39 is 32.5 Å². The van der Waals surface area contributed by atoms with Crippen molar-refractivity contribution < 1.29 is 32.0 Å². The second kappa shape index (κ2) is 20.5. The van der Waals surface area contributed by atoms with Crippen molar-refractivity contribution in [2.45, 2.75) is 109 Å². The molecule has 0 aliphatic carbocycles. The van der Waals surface area contributed by atoms with Crippen molar-refractivity contribution in [2.24, 2.45) is 0 Å². The van der Waals surface area contributed by atoms with Gasteiger partial charge in [0.05, 0.1) is 24.3 Å². The summed E-state index contributed by atoms with van der Waals surface area (Å²) in [5, 5.41) is 0. The lowest BCUT2D eigenvalue weighted by Crippen LogP contribution is -2.19. The molecule has 1 N–H and O–H groups in total. The van der Waals surface area contributed by atoms with Crippen LogP contribution < -0.4 is 0 Å².